The summed E-state index contributed by atoms with van der Waals surface area (Å²) in [5, 5.41) is 2.82. The maximum Gasteiger partial charge on any atom is 0.263 e. The van der Waals surface area contributed by atoms with Crippen LogP contribution in [-0.4, -0.2) is 38.7 Å². The molecule has 0 radical (unpaired) electrons. The van der Waals surface area contributed by atoms with Crippen molar-refractivity contribution < 1.29 is 4.79 Å². The zero-order chi connectivity index (χ0) is 16.4. The molecular formula is C16H19N3O2S2. The van der Waals surface area contributed by atoms with Crippen LogP contribution in [0, 0.1) is 0 Å². The van der Waals surface area contributed by atoms with Crippen LogP contribution in [0.3, 0.4) is 0 Å². The molecule has 0 aromatic carbocycles. The Bertz CT molecular complexity index is 790. The van der Waals surface area contributed by atoms with Crippen LogP contribution in [0.4, 0.5) is 0 Å². The molecule has 1 aliphatic rings. The summed E-state index contributed by atoms with van der Waals surface area (Å²) >= 11 is 2.80. The molecule has 1 saturated heterocycles. The highest BCUT2D eigenvalue weighted by Crippen LogP contribution is 2.26. The fourth-order valence-electron chi connectivity index (χ4n) is 2.71. The van der Waals surface area contributed by atoms with Gasteiger partial charge >= 0.3 is 0 Å². The van der Waals surface area contributed by atoms with Crippen LogP contribution in [-0.2, 0) is 11.3 Å². The van der Waals surface area contributed by atoms with Gasteiger partial charge in [-0.05, 0) is 31.2 Å². The second-order valence-electron chi connectivity index (χ2n) is 5.53. The van der Waals surface area contributed by atoms with Gasteiger partial charge in [0, 0.05) is 19.6 Å². The second-order valence-corrected chi connectivity index (χ2v) is 7.73. The number of hydrogen-bond donors (Lipinski definition) is 0. The van der Waals surface area contributed by atoms with Crippen molar-refractivity contribution in [2.75, 3.05) is 13.1 Å². The van der Waals surface area contributed by atoms with E-state index in [9.17, 15) is 9.59 Å². The number of carbonyl (C=O) groups excluding carboxylic acids is 1. The number of thioether (sulfide) groups is 1. The minimum atomic E-state index is -0.256. The van der Waals surface area contributed by atoms with E-state index < -0.39 is 0 Å². The van der Waals surface area contributed by atoms with E-state index in [0.717, 1.165) is 30.8 Å². The van der Waals surface area contributed by atoms with Crippen LogP contribution < -0.4 is 5.56 Å². The molecule has 2 aromatic rings. The van der Waals surface area contributed by atoms with Crippen molar-refractivity contribution in [2.24, 2.45) is 0 Å². The fourth-order valence-corrected chi connectivity index (χ4v) is 4.52. The maximum absolute atomic E-state index is 12.6. The molecule has 0 bridgehead atoms. The average Bonchev–Trinajstić information content (AvgIpc) is 3.21. The van der Waals surface area contributed by atoms with Crippen LogP contribution in [0.2, 0.25) is 0 Å². The largest absolute Gasteiger partial charge is 0.342 e. The first-order chi connectivity index (χ1) is 11.1. The topological polar surface area (TPSA) is 55.2 Å². The molecule has 1 unspecified atom stereocenters. The summed E-state index contributed by atoms with van der Waals surface area (Å²) in [4.78, 5) is 32.3. The third-order valence-electron chi connectivity index (χ3n) is 3.91. The lowest BCUT2D eigenvalue weighted by molar-refractivity contribution is -0.129. The first kappa shape index (κ1) is 16.3. The summed E-state index contributed by atoms with van der Waals surface area (Å²) in [5.74, 6) is 0.123. The predicted molar refractivity (Wildman–Crippen MR) is 95.2 cm³/mol. The summed E-state index contributed by atoms with van der Waals surface area (Å²) in [6.45, 7) is 7.66. The molecule has 1 fully saturated rings. The van der Waals surface area contributed by atoms with Crippen molar-refractivity contribution in [3.8, 4) is 0 Å². The van der Waals surface area contributed by atoms with Crippen LogP contribution in [0.5, 0.6) is 0 Å². The van der Waals surface area contributed by atoms with Gasteiger partial charge in [0.25, 0.3) is 5.56 Å². The van der Waals surface area contributed by atoms with Crippen molar-refractivity contribution >= 4 is 39.2 Å². The zero-order valence-corrected chi connectivity index (χ0v) is 14.7. The van der Waals surface area contributed by atoms with E-state index in [2.05, 4.69) is 11.6 Å². The van der Waals surface area contributed by atoms with Gasteiger partial charge in [0.1, 0.15) is 4.83 Å². The summed E-state index contributed by atoms with van der Waals surface area (Å²) in [6, 6.07) is 1.79. The molecule has 1 aliphatic heterocycles. The number of fused-ring (bicyclic) bond motifs is 1. The Morgan fingerprint density at radius 2 is 2.26 bits per heavy atom. The monoisotopic (exact) mass is 349 g/mol. The Morgan fingerprint density at radius 1 is 1.52 bits per heavy atom. The van der Waals surface area contributed by atoms with Crippen molar-refractivity contribution in [2.45, 2.75) is 36.7 Å². The SMILES string of the molecule is C=CCn1c(SC(C)C(=O)N2CCCC2)nc2sccc2c1=O. The number of rotatable bonds is 5. The Kier molecular flexibility index (Phi) is 4.87. The minimum Gasteiger partial charge on any atom is -0.342 e. The van der Waals surface area contributed by atoms with Crippen LogP contribution in [0.1, 0.15) is 19.8 Å². The lowest BCUT2D eigenvalue weighted by atomic mass is 10.4. The van der Waals surface area contributed by atoms with Gasteiger partial charge in [-0.3, -0.25) is 14.2 Å². The quantitative estimate of drug-likeness (QED) is 0.473. The molecule has 7 heteroatoms. The molecule has 2 aromatic heterocycles. The van der Waals surface area contributed by atoms with Gasteiger partial charge in [-0.15, -0.1) is 17.9 Å². The van der Waals surface area contributed by atoms with Gasteiger partial charge in [-0.2, -0.15) is 0 Å². The first-order valence-corrected chi connectivity index (χ1v) is 9.42. The molecule has 0 aliphatic carbocycles. The molecule has 0 spiro atoms. The van der Waals surface area contributed by atoms with E-state index in [-0.39, 0.29) is 16.7 Å². The first-order valence-electron chi connectivity index (χ1n) is 7.66. The number of carbonyl (C=O) groups is 1. The molecule has 23 heavy (non-hydrogen) atoms. The van der Waals surface area contributed by atoms with Crippen molar-refractivity contribution in [3.63, 3.8) is 0 Å². The number of amides is 1. The highest BCUT2D eigenvalue weighted by molar-refractivity contribution is 8.00. The fraction of sp³-hybridized carbons (Fsp3) is 0.438. The Balaban J connectivity index is 1.91. The van der Waals surface area contributed by atoms with E-state index in [4.69, 9.17) is 0 Å². The number of allylic oxidation sites excluding steroid dienone is 1. The number of aromatic nitrogens is 2. The summed E-state index contributed by atoms with van der Waals surface area (Å²) in [6.07, 6.45) is 3.83. The predicted octanol–water partition coefficient (Wildman–Crippen LogP) is 2.75. The van der Waals surface area contributed by atoms with E-state index in [1.807, 2.05) is 17.2 Å². The van der Waals surface area contributed by atoms with Crippen molar-refractivity contribution in [1.82, 2.24) is 14.5 Å². The van der Waals surface area contributed by atoms with Gasteiger partial charge < -0.3 is 4.90 Å². The molecule has 0 N–H and O–H groups in total. The van der Waals surface area contributed by atoms with Crippen LogP contribution in [0.25, 0.3) is 10.2 Å². The molecular weight excluding hydrogens is 330 g/mol. The Morgan fingerprint density at radius 3 is 2.96 bits per heavy atom. The molecule has 1 amide bonds. The van der Waals surface area contributed by atoms with Gasteiger partial charge in [0.05, 0.1) is 10.6 Å². The van der Waals surface area contributed by atoms with Gasteiger partial charge in [-0.1, -0.05) is 17.8 Å². The van der Waals surface area contributed by atoms with E-state index in [0.29, 0.717) is 17.1 Å². The molecule has 1 atom stereocenters. The maximum atomic E-state index is 12.6. The number of thiophene rings is 1. The van der Waals surface area contributed by atoms with E-state index >= 15 is 0 Å². The molecule has 3 rings (SSSR count). The molecule has 122 valence electrons. The highest BCUT2D eigenvalue weighted by Gasteiger charge is 2.25. The lowest BCUT2D eigenvalue weighted by Gasteiger charge is -2.20. The average molecular weight is 349 g/mol. The van der Waals surface area contributed by atoms with E-state index in [1.165, 1.54) is 23.1 Å². The number of nitrogens with zero attached hydrogens (tertiary/aromatic N) is 3. The summed E-state index contributed by atoms with van der Waals surface area (Å²) < 4.78 is 1.60. The lowest BCUT2D eigenvalue weighted by Crippen LogP contribution is -2.34. The van der Waals surface area contributed by atoms with E-state index in [1.54, 1.807) is 16.7 Å². The summed E-state index contributed by atoms with van der Waals surface area (Å²) in [5.41, 5.74) is -0.0699. The van der Waals surface area contributed by atoms with Gasteiger partial charge in [0.2, 0.25) is 5.91 Å². The molecule has 3 heterocycles. The Labute approximate surface area is 143 Å². The number of hydrogen-bond acceptors (Lipinski definition) is 5. The smallest absolute Gasteiger partial charge is 0.263 e. The third kappa shape index (κ3) is 3.21. The number of likely N-dealkylation sites (tertiary alicyclic amines) is 1. The highest BCUT2D eigenvalue weighted by atomic mass is 32.2. The second kappa shape index (κ2) is 6.88. The summed E-state index contributed by atoms with van der Waals surface area (Å²) in [7, 11) is 0. The Hall–Kier alpha value is -1.60. The third-order valence-corrected chi connectivity index (χ3v) is 5.79. The minimum absolute atomic E-state index is 0.0699. The van der Waals surface area contributed by atoms with Gasteiger partial charge in [0.15, 0.2) is 5.16 Å². The molecule has 5 nitrogen and oxygen atoms in total. The standard InChI is InChI=1S/C16H19N3O2S2/c1-3-7-19-15(21)12-6-10-22-13(12)17-16(19)23-11(2)14(20)18-8-4-5-9-18/h3,6,10-11H,1,4-5,7-9H2,2H3. The molecule has 0 saturated carbocycles. The normalized spacial score (nSPS) is 16.0. The van der Waals surface area contributed by atoms with Crippen LogP contribution >= 0.6 is 23.1 Å². The van der Waals surface area contributed by atoms with Crippen molar-refractivity contribution in [3.05, 3.63) is 34.5 Å². The van der Waals surface area contributed by atoms with Crippen LogP contribution in [0.15, 0.2) is 34.1 Å². The van der Waals surface area contributed by atoms with Gasteiger partial charge in [-0.25, -0.2) is 4.98 Å². The van der Waals surface area contributed by atoms with Crippen molar-refractivity contribution in [1.29, 1.82) is 0 Å². The zero-order valence-electron chi connectivity index (χ0n) is 13.0.